The van der Waals surface area contributed by atoms with Crippen LogP contribution in [-0.2, 0) is 19.1 Å². The molecule has 0 radical (unpaired) electrons. The van der Waals surface area contributed by atoms with Crippen LogP contribution in [0, 0.1) is 17.8 Å². The second-order valence-corrected chi connectivity index (χ2v) is 5.04. The van der Waals surface area contributed by atoms with E-state index in [1.165, 1.54) is 14.2 Å². The van der Waals surface area contributed by atoms with E-state index in [4.69, 9.17) is 0 Å². The first-order valence-electron chi connectivity index (χ1n) is 6.35. The molecule has 0 saturated carbocycles. The molecule has 0 aromatic rings. The summed E-state index contributed by atoms with van der Waals surface area (Å²) in [5.74, 6) is -0.692. The zero-order chi connectivity index (χ0) is 13.7. The maximum absolute atomic E-state index is 11.7. The summed E-state index contributed by atoms with van der Waals surface area (Å²) in [5, 5.41) is 0. The lowest BCUT2D eigenvalue weighted by Crippen LogP contribution is -2.30. The van der Waals surface area contributed by atoms with Gasteiger partial charge in [-0.3, -0.25) is 9.59 Å². The number of methoxy groups -OCH3 is 2. The summed E-state index contributed by atoms with van der Waals surface area (Å²) in [5.41, 5.74) is 0.839. The Morgan fingerprint density at radius 2 is 1.78 bits per heavy atom. The minimum absolute atomic E-state index is 0.531. The van der Waals surface area contributed by atoms with E-state index in [1.807, 2.05) is 6.08 Å². The van der Waals surface area contributed by atoms with Gasteiger partial charge in [0.15, 0.2) is 5.92 Å². The minimum Gasteiger partial charge on any atom is -0.468 e. The van der Waals surface area contributed by atoms with Crippen molar-refractivity contribution in [3.63, 3.8) is 0 Å². The SMILES string of the molecule is COC(=O)C(C(=O)OC)C1=CC[C@@H](C(C)C)CC1. The summed E-state index contributed by atoms with van der Waals surface area (Å²) in [6.07, 6.45) is 4.69. The van der Waals surface area contributed by atoms with Gasteiger partial charge in [-0.1, -0.05) is 19.9 Å². The van der Waals surface area contributed by atoms with Crippen LogP contribution in [0.5, 0.6) is 0 Å². The second-order valence-electron chi connectivity index (χ2n) is 5.04. The number of esters is 2. The summed E-state index contributed by atoms with van der Waals surface area (Å²) in [7, 11) is 2.58. The van der Waals surface area contributed by atoms with E-state index in [0.29, 0.717) is 11.8 Å². The molecule has 0 bridgehead atoms. The zero-order valence-corrected chi connectivity index (χ0v) is 11.6. The van der Waals surface area contributed by atoms with Gasteiger partial charge in [0.2, 0.25) is 0 Å². The van der Waals surface area contributed by atoms with Crippen LogP contribution in [-0.4, -0.2) is 26.2 Å². The molecule has 0 aromatic heterocycles. The molecule has 0 amide bonds. The van der Waals surface area contributed by atoms with Gasteiger partial charge in [0, 0.05) is 0 Å². The van der Waals surface area contributed by atoms with E-state index in [2.05, 4.69) is 23.3 Å². The summed E-state index contributed by atoms with van der Waals surface area (Å²) in [6, 6.07) is 0. The van der Waals surface area contributed by atoms with Crippen molar-refractivity contribution < 1.29 is 19.1 Å². The summed E-state index contributed by atoms with van der Waals surface area (Å²) < 4.78 is 9.36. The van der Waals surface area contributed by atoms with Gasteiger partial charge in [-0.25, -0.2) is 0 Å². The van der Waals surface area contributed by atoms with Crippen molar-refractivity contribution in [3.05, 3.63) is 11.6 Å². The molecule has 0 heterocycles. The predicted molar refractivity (Wildman–Crippen MR) is 67.8 cm³/mol. The van der Waals surface area contributed by atoms with E-state index >= 15 is 0 Å². The Balaban J connectivity index is 2.82. The normalized spacial score (nSPS) is 19.7. The van der Waals surface area contributed by atoms with Gasteiger partial charge < -0.3 is 9.47 Å². The quantitative estimate of drug-likeness (QED) is 0.439. The largest absolute Gasteiger partial charge is 0.468 e. The van der Waals surface area contributed by atoms with E-state index in [9.17, 15) is 9.59 Å². The monoisotopic (exact) mass is 254 g/mol. The number of carbonyl (C=O) groups is 2. The summed E-state index contributed by atoms with van der Waals surface area (Å²) in [6.45, 7) is 4.39. The highest BCUT2D eigenvalue weighted by atomic mass is 16.5. The molecular weight excluding hydrogens is 232 g/mol. The van der Waals surface area contributed by atoms with Crippen LogP contribution in [0.15, 0.2) is 11.6 Å². The van der Waals surface area contributed by atoms with Crippen molar-refractivity contribution in [3.8, 4) is 0 Å². The highest BCUT2D eigenvalue weighted by Crippen LogP contribution is 2.33. The van der Waals surface area contributed by atoms with E-state index in [0.717, 1.165) is 24.8 Å². The predicted octanol–water partition coefficient (Wildman–Crippen LogP) is 2.33. The standard InChI is InChI=1S/C14H22O4/c1-9(2)10-5-7-11(8-6-10)12(13(15)17-3)14(16)18-4/h7,9-10,12H,5-6,8H2,1-4H3/t10-/m1/s1. The van der Waals surface area contributed by atoms with Gasteiger partial charge >= 0.3 is 11.9 Å². The number of rotatable bonds is 4. The van der Waals surface area contributed by atoms with Crippen molar-refractivity contribution in [1.82, 2.24) is 0 Å². The molecule has 4 nitrogen and oxygen atoms in total. The van der Waals surface area contributed by atoms with Gasteiger partial charge in [0.1, 0.15) is 0 Å². The Labute approximate surface area is 108 Å². The molecule has 0 spiro atoms. The molecule has 0 saturated heterocycles. The fraction of sp³-hybridized carbons (Fsp3) is 0.714. The topological polar surface area (TPSA) is 52.6 Å². The van der Waals surface area contributed by atoms with Crippen LogP contribution in [0.3, 0.4) is 0 Å². The van der Waals surface area contributed by atoms with Crippen LogP contribution in [0.2, 0.25) is 0 Å². The average Bonchev–Trinajstić information content (AvgIpc) is 2.39. The lowest BCUT2D eigenvalue weighted by molar-refractivity contribution is -0.156. The number of carbonyl (C=O) groups excluding carboxylic acids is 2. The van der Waals surface area contributed by atoms with E-state index in [1.54, 1.807) is 0 Å². The van der Waals surface area contributed by atoms with Gasteiger partial charge in [0.05, 0.1) is 14.2 Å². The molecule has 1 atom stereocenters. The number of hydrogen-bond donors (Lipinski definition) is 0. The third-order valence-corrected chi connectivity index (χ3v) is 3.67. The smallest absolute Gasteiger partial charge is 0.324 e. The lowest BCUT2D eigenvalue weighted by Gasteiger charge is -2.27. The van der Waals surface area contributed by atoms with Crippen molar-refractivity contribution in [2.75, 3.05) is 14.2 Å². The maximum atomic E-state index is 11.7. The van der Waals surface area contributed by atoms with Gasteiger partial charge in [0.25, 0.3) is 0 Å². The number of hydrogen-bond acceptors (Lipinski definition) is 4. The molecule has 0 fully saturated rings. The third-order valence-electron chi connectivity index (χ3n) is 3.67. The number of ether oxygens (including phenoxy) is 2. The van der Waals surface area contributed by atoms with Crippen LogP contribution in [0.4, 0.5) is 0 Å². The molecule has 0 unspecified atom stereocenters. The molecule has 0 aromatic carbocycles. The lowest BCUT2D eigenvalue weighted by atomic mass is 9.79. The molecule has 1 aliphatic carbocycles. The molecule has 1 aliphatic rings. The van der Waals surface area contributed by atoms with Crippen LogP contribution in [0.25, 0.3) is 0 Å². The van der Waals surface area contributed by atoms with Gasteiger partial charge in [-0.05, 0) is 36.7 Å². The van der Waals surface area contributed by atoms with Crippen LogP contribution < -0.4 is 0 Å². The van der Waals surface area contributed by atoms with Crippen LogP contribution >= 0.6 is 0 Å². The minimum atomic E-state index is -0.881. The van der Waals surface area contributed by atoms with Gasteiger partial charge in [-0.15, -0.1) is 0 Å². The molecule has 0 aliphatic heterocycles. The highest BCUT2D eigenvalue weighted by Gasteiger charge is 2.34. The first-order valence-corrected chi connectivity index (χ1v) is 6.35. The molecule has 102 valence electrons. The molecular formula is C14H22O4. The fourth-order valence-electron chi connectivity index (χ4n) is 2.38. The van der Waals surface area contributed by atoms with Gasteiger partial charge in [-0.2, -0.15) is 0 Å². The van der Waals surface area contributed by atoms with E-state index in [-0.39, 0.29) is 0 Å². The zero-order valence-electron chi connectivity index (χ0n) is 11.6. The number of allylic oxidation sites excluding steroid dienone is 1. The second kappa shape index (κ2) is 6.57. The average molecular weight is 254 g/mol. The Morgan fingerprint density at radius 1 is 1.22 bits per heavy atom. The van der Waals surface area contributed by atoms with Crippen molar-refractivity contribution in [2.45, 2.75) is 33.1 Å². The van der Waals surface area contributed by atoms with Crippen LogP contribution in [0.1, 0.15) is 33.1 Å². The molecule has 4 heteroatoms. The maximum Gasteiger partial charge on any atom is 0.324 e. The molecule has 0 N–H and O–H groups in total. The molecule has 1 rings (SSSR count). The van der Waals surface area contributed by atoms with Crippen molar-refractivity contribution in [2.24, 2.45) is 17.8 Å². The van der Waals surface area contributed by atoms with Crippen molar-refractivity contribution in [1.29, 1.82) is 0 Å². The van der Waals surface area contributed by atoms with Crippen molar-refractivity contribution >= 4 is 11.9 Å². The summed E-state index contributed by atoms with van der Waals surface area (Å²) >= 11 is 0. The summed E-state index contributed by atoms with van der Waals surface area (Å²) in [4.78, 5) is 23.3. The Bertz CT molecular complexity index is 328. The Kier molecular flexibility index (Phi) is 5.38. The molecule has 18 heavy (non-hydrogen) atoms. The first kappa shape index (κ1) is 14.7. The third kappa shape index (κ3) is 3.34. The fourth-order valence-corrected chi connectivity index (χ4v) is 2.38. The van der Waals surface area contributed by atoms with E-state index < -0.39 is 17.9 Å². The highest BCUT2D eigenvalue weighted by molar-refractivity contribution is 5.98. The Morgan fingerprint density at radius 3 is 2.11 bits per heavy atom. The first-order chi connectivity index (χ1) is 8.51. The Hall–Kier alpha value is -1.32.